The van der Waals surface area contributed by atoms with Gasteiger partial charge in [-0.2, -0.15) is 0 Å². The maximum atomic E-state index is 12.8. The molecule has 1 fully saturated rings. The van der Waals surface area contributed by atoms with E-state index in [1.807, 2.05) is 12.1 Å². The lowest BCUT2D eigenvalue weighted by atomic mass is 10.2. The van der Waals surface area contributed by atoms with Gasteiger partial charge in [-0.05, 0) is 32.9 Å². The molecule has 9 nitrogen and oxygen atoms in total. The van der Waals surface area contributed by atoms with Crippen LogP contribution in [0, 0.1) is 0 Å². The summed E-state index contributed by atoms with van der Waals surface area (Å²) in [5.41, 5.74) is 0.0551. The molecule has 3 rings (SSSR count). The molecule has 3 heterocycles. The Morgan fingerprint density at radius 2 is 2.17 bits per heavy atom. The van der Waals surface area contributed by atoms with Crippen molar-refractivity contribution in [2.45, 2.75) is 43.9 Å². The van der Waals surface area contributed by atoms with Crippen LogP contribution < -0.4 is 5.32 Å². The molecule has 1 N–H and O–H groups in total. The van der Waals surface area contributed by atoms with Gasteiger partial charge in [-0.25, -0.2) is 9.78 Å². The van der Waals surface area contributed by atoms with E-state index in [0.29, 0.717) is 23.8 Å². The van der Waals surface area contributed by atoms with Gasteiger partial charge in [0.15, 0.2) is 6.10 Å². The number of pyridine rings is 1. The molecule has 0 radical (unpaired) electrons. The van der Waals surface area contributed by atoms with Crippen molar-refractivity contribution in [3.63, 3.8) is 0 Å². The number of hydrogen-bond donors (Lipinski definition) is 1. The Morgan fingerprint density at radius 3 is 2.90 bits per heavy atom. The highest BCUT2D eigenvalue weighted by Gasteiger charge is 2.33. The van der Waals surface area contributed by atoms with Crippen LogP contribution in [0.5, 0.6) is 0 Å². The van der Waals surface area contributed by atoms with Gasteiger partial charge in [-0.3, -0.25) is 9.59 Å². The molecular formula is C19H26N4O5S. The molecule has 2 aliphatic rings. The van der Waals surface area contributed by atoms with Crippen LogP contribution in [0.3, 0.4) is 0 Å². The van der Waals surface area contributed by atoms with Gasteiger partial charge in [0.25, 0.3) is 5.91 Å². The summed E-state index contributed by atoms with van der Waals surface area (Å²) in [5.74, 6) is 0.569. The van der Waals surface area contributed by atoms with Crippen LogP contribution in [-0.4, -0.2) is 76.9 Å². The molecule has 1 saturated heterocycles. The van der Waals surface area contributed by atoms with Crippen LogP contribution in [0.4, 0.5) is 10.6 Å². The van der Waals surface area contributed by atoms with Crippen molar-refractivity contribution >= 4 is 35.5 Å². The monoisotopic (exact) mass is 422 g/mol. The Balaban J connectivity index is 1.60. The number of anilines is 1. The van der Waals surface area contributed by atoms with Crippen LogP contribution in [0.1, 0.15) is 26.5 Å². The second-order valence-electron chi connectivity index (χ2n) is 7.97. The second-order valence-corrected chi connectivity index (χ2v) is 8.98. The minimum atomic E-state index is -0.755. The number of nitrogens with one attached hydrogen (secondary N) is 1. The SMILES string of the molecule is CN(Cc1ccc2c(n1)NC(=O)CS2)C(=O)C1CN(C(=O)OC(C)(C)C)CCO1. The highest BCUT2D eigenvalue weighted by Crippen LogP contribution is 2.29. The smallest absolute Gasteiger partial charge is 0.410 e. The van der Waals surface area contributed by atoms with E-state index in [1.165, 1.54) is 21.6 Å². The van der Waals surface area contributed by atoms with Crippen molar-refractivity contribution < 1.29 is 23.9 Å². The number of fused-ring (bicyclic) bond motifs is 1. The zero-order chi connectivity index (χ0) is 21.2. The highest BCUT2D eigenvalue weighted by molar-refractivity contribution is 8.00. The standard InChI is InChI=1S/C19H26N4O5S/c1-19(2,3)28-18(26)23-7-8-27-13(10-23)17(25)22(4)9-12-5-6-14-16(20-12)21-15(24)11-29-14/h5-6,13H,7-11H2,1-4H3,(H,20,21,24). The third-order valence-electron chi connectivity index (χ3n) is 4.30. The van der Waals surface area contributed by atoms with Gasteiger partial charge in [-0.1, -0.05) is 0 Å². The number of ether oxygens (including phenoxy) is 2. The van der Waals surface area contributed by atoms with E-state index >= 15 is 0 Å². The maximum Gasteiger partial charge on any atom is 0.410 e. The molecule has 1 atom stereocenters. The number of hydrogen-bond acceptors (Lipinski definition) is 7. The Kier molecular flexibility index (Phi) is 6.33. The highest BCUT2D eigenvalue weighted by atomic mass is 32.2. The molecule has 0 saturated carbocycles. The zero-order valence-electron chi connectivity index (χ0n) is 17.1. The first-order valence-corrected chi connectivity index (χ1v) is 10.4. The van der Waals surface area contributed by atoms with Gasteiger partial charge < -0.3 is 24.6 Å². The number of nitrogens with zero attached hydrogens (tertiary/aromatic N) is 3. The fourth-order valence-corrected chi connectivity index (χ4v) is 3.71. The van der Waals surface area contributed by atoms with Crippen LogP contribution >= 0.6 is 11.8 Å². The number of rotatable bonds is 3. The number of aromatic nitrogens is 1. The number of thioether (sulfide) groups is 1. The average Bonchev–Trinajstić information content (AvgIpc) is 2.65. The van der Waals surface area contributed by atoms with Crippen molar-refractivity contribution in [2.75, 3.05) is 37.8 Å². The molecule has 1 aromatic rings. The number of carbonyl (C=O) groups is 3. The molecular weight excluding hydrogens is 396 g/mol. The van der Waals surface area contributed by atoms with E-state index < -0.39 is 17.8 Å². The number of morpholine rings is 1. The first kappa shape index (κ1) is 21.4. The van der Waals surface area contributed by atoms with E-state index in [9.17, 15) is 14.4 Å². The minimum absolute atomic E-state index is 0.0885. The molecule has 0 aliphatic carbocycles. The summed E-state index contributed by atoms with van der Waals surface area (Å²) < 4.78 is 11.0. The molecule has 10 heteroatoms. The fraction of sp³-hybridized carbons (Fsp3) is 0.579. The Labute approximate surface area is 174 Å². The molecule has 0 spiro atoms. The van der Waals surface area contributed by atoms with E-state index in [-0.39, 0.29) is 31.5 Å². The largest absolute Gasteiger partial charge is 0.444 e. The van der Waals surface area contributed by atoms with Gasteiger partial charge in [-0.15, -0.1) is 11.8 Å². The molecule has 0 bridgehead atoms. The fourth-order valence-electron chi connectivity index (χ4n) is 2.95. The second kappa shape index (κ2) is 8.58. The zero-order valence-corrected chi connectivity index (χ0v) is 17.9. The summed E-state index contributed by atoms with van der Waals surface area (Å²) in [4.78, 5) is 45.0. The normalized spacial score (nSPS) is 19.2. The van der Waals surface area contributed by atoms with Gasteiger partial charge in [0, 0.05) is 13.6 Å². The van der Waals surface area contributed by atoms with Crippen molar-refractivity contribution in [3.05, 3.63) is 17.8 Å². The van der Waals surface area contributed by atoms with E-state index in [1.54, 1.807) is 27.8 Å². The first-order chi connectivity index (χ1) is 13.6. The van der Waals surface area contributed by atoms with Gasteiger partial charge in [0.1, 0.15) is 11.4 Å². The molecule has 3 amide bonds. The maximum absolute atomic E-state index is 12.8. The lowest BCUT2D eigenvalue weighted by molar-refractivity contribution is -0.148. The molecule has 2 aliphatic heterocycles. The number of likely N-dealkylation sites (N-methyl/N-ethyl adjacent to an activating group) is 1. The van der Waals surface area contributed by atoms with Crippen molar-refractivity contribution in [3.8, 4) is 0 Å². The first-order valence-electron chi connectivity index (χ1n) is 9.39. The third-order valence-corrected chi connectivity index (χ3v) is 5.35. The van der Waals surface area contributed by atoms with Crippen molar-refractivity contribution in [1.82, 2.24) is 14.8 Å². The summed E-state index contributed by atoms with van der Waals surface area (Å²) in [6.07, 6.45) is -1.21. The molecule has 0 aromatic carbocycles. The predicted octanol–water partition coefficient (Wildman–Crippen LogP) is 1.72. The number of carbonyl (C=O) groups excluding carboxylic acids is 3. The third kappa shape index (κ3) is 5.60. The predicted molar refractivity (Wildman–Crippen MR) is 108 cm³/mol. The van der Waals surface area contributed by atoms with E-state index in [4.69, 9.17) is 9.47 Å². The number of amides is 3. The van der Waals surface area contributed by atoms with Crippen LogP contribution in [0.25, 0.3) is 0 Å². The molecule has 1 unspecified atom stereocenters. The Bertz CT molecular complexity index is 810. The van der Waals surface area contributed by atoms with Crippen molar-refractivity contribution in [2.24, 2.45) is 0 Å². The summed E-state index contributed by atoms with van der Waals surface area (Å²) in [6, 6.07) is 3.73. The van der Waals surface area contributed by atoms with Crippen LogP contribution in [0.15, 0.2) is 17.0 Å². The van der Waals surface area contributed by atoms with Gasteiger partial charge in [0.05, 0.1) is 36.0 Å². The van der Waals surface area contributed by atoms with Crippen molar-refractivity contribution in [1.29, 1.82) is 0 Å². The van der Waals surface area contributed by atoms with E-state index in [2.05, 4.69) is 10.3 Å². The molecule has 158 valence electrons. The Morgan fingerprint density at radius 1 is 1.41 bits per heavy atom. The Hall–Kier alpha value is -2.33. The topological polar surface area (TPSA) is 101 Å². The minimum Gasteiger partial charge on any atom is -0.444 e. The summed E-state index contributed by atoms with van der Waals surface area (Å²) >= 11 is 1.44. The summed E-state index contributed by atoms with van der Waals surface area (Å²) in [5, 5.41) is 2.75. The van der Waals surface area contributed by atoms with E-state index in [0.717, 1.165) is 4.90 Å². The lowest BCUT2D eigenvalue weighted by Crippen LogP contribution is -2.52. The summed E-state index contributed by atoms with van der Waals surface area (Å²) in [6.45, 7) is 6.45. The molecule has 1 aromatic heterocycles. The van der Waals surface area contributed by atoms with Crippen LogP contribution in [0.2, 0.25) is 0 Å². The van der Waals surface area contributed by atoms with Gasteiger partial charge >= 0.3 is 6.09 Å². The van der Waals surface area contributed by atoms with Crippen LogP contribution in [-0.2, 0) is 25.6 Å². The average molecular weight is 423 g/mol. The summed E-state index contributed by atoms with van der Waals surface area (Å²) in [7, 11) is 1.66. The lowest BCUT2D eigenvalue weighted by Gasteiger charge is -2.35. The van der Waals surface area contributed by atoms with Gasteiger partial charge in [0.2, 0.25) is 5.91 Å². The quantitative estimate of drug-likeness (QED) is 0.791. The molecule has 29 heavy (non-hydrogen) atoms.